The van der Waals surface area contributed by atoms with E-state index in [0.717, 1.165) is 5.56 Å². The molecule has 7 heteroatoms. The highest BCUT2D eigenvalue weighted by molar-refractivity contribution is 7.91. The minimum absolute atomic E-state index is 0. The summed E-state index contributed by atoms with van der Waals surface area (Å²) in [7, 11) is -3.27. The van der Waals surface area contributed by atoms with E-state index < -0.39 is 21.9 Å². The van der Waals surface area contributed by atoms with Gasteiger partial charge in [-0.2, -0.15) is 0 Å². The van der Waals surface area contributed by atoms with Crippen LogP contribution in [0.2, 0.25) is 0 Å². The van der Waals surface area contributed by atoms with Gasteiger partial charge in [0.05, 0.1) is 10.9 Å². The van der Waals surface area contributed by atoms with E-state index in [4.69, 9.17) is 10.9 Å². The number of halogens is 1. The smallest absolute Gasteiger partial charge is 0.271 e. The molecule has 0 bridgehead atoms. The van der Waals surface area contributed by atoms with E-state index in [1.807, 2.05) is 19.9 Å². The molecule has 1 amide bonds. The Balaban J connectivity index is 0.00000441. The second-order valence-electron chi connectivity index (χ2n) is 5.37. The number of carbonyl (C=O) groups is 1. The number of hydrogen-bond acceptors (Lipinski definition) is 3. The third-order valence-corrected chi connectivity index (χ3v) is 4.26. The molecule has 5 nitrogen and oxygen atoms in total. The number of allylic oxidation sites excluding steroid dienone is 1. The Morgan fingerprint density at radius 3 is 2.64 bits per heavy atom. The molecule has 124 valence electrons. The van der Waals surface area contributed by atoms with Gasteiger partial charge >= 0.3 is 0 Å². The predicted molar refractivity (Wildman–Crippen MR) is 93.1 cm³/mol. The number of amides is 1. The highest BCUT2D eigenvalue weighted by atomic mass is 35.5. The predicted octanol–water partition coefficient (Wildman–Crippen LogP) is 2.44. The zero-order valence-electron chi connectivity index (χ0n) is 12.9. The third-order valence-electron chi connectivity index (χ3n) is 2.88. The molecule has 4 N–H and O–H groups in total. The summed E-state index contributed by atoms with van der Waals surface area (Å²) in [6, 6.07) is 6.10. The monoisotopic (exact) mass is 345 g/mol. The van der Waals surface area contributed by atoms with Crippen molar-refractivity contribution in [2.45, 2.75) is 37.6 Å². The van der Waals surface area contributed by atoms with Crippen LogP contribution in [-0.2, 0) is 21.1 Å². The summed E-state index contributed by atoms with van der Waals surface area (Å²) < 4.78 is 16.1. The Hall–Kier alpha value is -1.21. The Kier molecular flexibility index (Phi) is 8.55. The Labute approximate surface area is 138 Å². The van der Waals surface area contributed by atoms with Gasteiger partial charge in [-0.25, -0.2) is 9.35 Å². The standard InChI is InChI=1S/C15H23N3O2S.ClH/c1-4-6-12-7-5-8-13(10-12)21(17,20)18-15(19)14(16)9-11(2)3;/h4-5,7-8,10-11,14H,1,6,9,16H2,2-3H3,(H2,17,18,19,20);1H. The first-order chi connectivity index (χ1) is 9.76. The lowest BCUT2D eigenvalue weighted by Gasteiger charge is -2.11. The van der Waals surface area contributed by atoms with E-state index in [-0.39, 0.29) is 18.3 Å². The molecule has 0 saturated heterocycles. The number of hydrogen-bond donors (Lipinski definition) is 2. The molecule has 2 unspecified atom stereocenters. The number of nitrogens with zero attached hydrogens (tertiary/aromatic N) is 1. The van der Waals surface area contributed by atoms with E-state index in [0.29, 0.717) is 17.7 Å². The van der Waals surface area contributed by atoms with Crippen molar-refractivity contribution in [1.82, 2.24) is 0 Å². The van der Waals surface area contributed by atoms with Crippen molar-refractivity contribution in [3.63, 3.8) is 0 Å². The summed E-state index contributed by atoms with van der Waals surface area (Å²) in [6.07, 6.45) is 2.84. The lowest BCUT2D eigenvalue weighted by atomic mass is 10.0. The molecule has 0 saturated carbocycles. The molecular weight excluding hydrogens is 322 g/mol. The molecule has 0 fully saturated rings. The SMILES string of the molecule is C=CCc1cccc(S(N)(=O)=NC(=O)C(N)CC(C)C)c1.Cl. The van der Waals surface area contributed by atoms with Crippen molar-refractivity contribution in [1.29, 1.82) is 0 Å². The van der Waals surface area contributed by atoms with Crippen molar-refractivity contribution < 1.29 is 9.00 Å². The quantitative estimate of drug-likeness (QED) is 0.774. The van der Waals surface area contributed by atoms with Gasteiger partial charge < -0.3 is 5.73 Å². The fraction of sp³-hybridized carbons (Fsp3) is 0.400. The maximum absolute atomic E-state index is 12.5. The van der Waals surface area contributed by atoms with Crippen LogP contribution in [0.5, 0.6) is 0 Å². The van der Waals surface area contributed by atoms with Gasteiger partial charge in [0.2, 0.25) is 0 Å². The topological polar surface area (TPSA) is 98.5 Å². The van der Waals surface area contributed by atoms with Crippen molar-refractivity contribution in [3.8, 4) is 0 Å². The third kappa shape index (κ3) is 6.27. The summed E-state index contributed by atoms with van der Waals surface area (Å²) in [6.45, 7) is 7.55. The van der Waals surface area contributed by atoms with Crippen molar-refractivity contribution in [2.24, 2.45) is 21.2 Å². The number of benzene rings is 1. The van der Waals surface area contributed by atoms with Crippen LogP contribution in [0, 0.1) is 5.92 Å². The first-order valence-electron chi connectivity index (χ1n) is 6.80. The Morgan fingerprint density at radius 2 is 2.09 bits per heavy atom. The minimum Gasteiger partial charge on any atom is -0.320 e. The van der Waals surface area contributed by atoms with Gasteiger partial charge in [0.15, 0.2) is 0 Å². The highest BCUT2D eigenvalue weighted by Crippen LogP contribution is 2.14. The van der Waals surface area contributed by atoms with Crippen LogP contribution in [0.1, 0.15) is 25.8 Å². The molecule has 0 aliphatic carbocycles. The van der Waals surface area contributed by atoms with Crippen LogP contribution >= 0.6 is 12.4 Å². The van der Waals surface area contributed by atoms with Crippen LogP contribution in [0.3, 0.4) is 0 Å². The number of rotatable bonds is 6. The Bertz CT molecular complexity index is 637. The average Bonchev–Trinajstić information content (AvgIpc) is 2.38. The molecule has 0 aromatic heterocycles. The number of nitrogens with two attached hydrogens (primary N) is 2. The zero-order chi connectivity index (χ0) is 16.0. The molecule has 1 aromatic carbocycles. The van der Waals surface area contributed by atoms with Crippen LogP contribution in [0.4, 0.5) is 0 Å². The Morgan fingerprint density at radius 1 is 1.45 bits per heavy atom. The van der Waals surface area contributed by atoms with Gasteiger partial charge in [0, 0.05) is 0 Å². The van der Waals surface area contributed by atoms with Crippen LogP contribution < -0.4 is 10.9 Å². The molecule has 0 heterocycles. The van der Waals surface area contributed by atoms with E-state index in [1.165, 1.54) is 0 Å². The van der Waals surface area contributed by atoms with Gasteiger partial charge in [-0.1, -0.05) is 32.1 Å². The van der Waals surface area contributed by atoms with Crippen molar-refractivity contribution >= 4 is 28.2 Å². The van der Waals surface area contributed by atoms with Gasteiger partial charge in [-0.15, -0.1) is 23.3 Å². The highest BCUT2D eigenvalue weighted by Gasteiger charge is 2.17. The average molecular weight is 346 g/mol. The second-order valence-corrected chi connectivity index (χ2v) is 7.17. The van der Waals surface area contributed by atoms with E-state index in [9.17, 15) is 9.00 Å². The van der Waals surface area contributed by atoms with Gasteiger partial charge in [-0.3, -0.25) is 4.79 Å². The van der Waals surface area contributed by atoms with E-state index in [2.05, 4.69) is 10.9 Å². The zero-order valence-corrected chi connectivity index (χ0v) is 14.5. The molecule has 0 aliphatic rings. The van der Waals surface area contributed by atoms with Crippen LogP contribution in [0.15, 0.2) is 46.2 Å². The number of carbonyl (C=O) groups excluding carboxylic acids is 1. The molecule has 2 atom stereocenters. The van der Waals surface area contributed by atoms with Crippen LogP contribution in [-0.4, -0.2) is 16.2 Å². The normalized spacial score (nSPS) is 14.6. The summed E-state index contributed by atoms with van der Waals surface area (Å²) in [5, 5.41) is 5.73. The fourth-order valence-electron chi connectivity index (χ4n) is 1.88. The first-order valence-corrected chi connectivity index (χ1v) is 8.38. The molecule has 0 aliphatic heterocycles. The van der Waals surface area contributed by atoms with Gasteiger partial charge in [0.1, 0.15) is 9.92 Å². The van der Waals surface area contributed by atoms with Crippen LogP contribution in [0.25, 0.3) is 0 Å². The maximum Gasteiger partial charge on any atom is 0.271 e. The molecule has 1 rings (SSSR count). The molecule has 22 heavy (non-hydrogen) atoms. The molecule has 0 radical (unpaired) electrons. The van der Waals surface area contributed by atoms with Crippen molar-refractivity contribution in [2.75, 3.05) is 0 Å². The first kappa shape index (κ1) is 20.8. The molecule has 1 aromatic rings. The minimum atomic E-state index is -3.27. The fourth-order valence-corrected chi connectivity index (χ4v) is 2.99. The summed E-state index contributed by atoms with van der Waals surface area (Å²) >= 11 is 0. The van der Waals surface area contributed by atoms with E-state index in [1.54, 1.807) is 24.3 Å². The van der Waals surface area contributed by atoms with Crippen molar-refractivity contribution in [3.05, 3.63) is 42.5 Å². The van der Waals surface area contributed by atoms with E-state index >= 15 is 0 Å². The second kappa shape index (κ2) is 9.05. The largest absolute Gasteiger partial charge is 0.320 e. The summed E-state index contributed by atoms with van der Waals surface area (Å²) in [4.78, 5) is 12.2. The van der Waals surface area contributed by atoms with Gasteiger partial charge in [0.25, 0.3) is 5.91 Å². The lowest BCUT2D eigenvalue weighted by molar-refractivity contribution is -0.119. The molecular formula is C15H24ClN3O2S. The van der Waals surface area contributed by atoms with Gasteiger partial charge in [-0.05, 0) is 36.5 Å². The molecule has 0 spiro atoms. The maximum atomic E-state index is 12.5. The summed E-state index contributed by atoms with van der Waals surface area (Å²) in [5.41, 5.74) is 6.66. The summed E-state index contributed by atoms with van der Waals surface area (Å²) in [5.74, 6) is -0.366. The lowest BCUT2D eigenvalue weighted by Crippen LogP contribution is -2.32.